The molecular weight excluding hydrogens is 476 g/mol. The molecule has 1 aliphatic rings. The van der Waals surface area contributed by atoms with Crippen LogP contribution in [0.5, 0.6) is 11.5 Å². The Bertz CT molecular complexity index is 830. The Kier molecular flexibility index (Phi) is 5.84. The zero-order valence-electron chi connectivity index (χ0n) is 12.9. The van der Waals surface area contributed by atoms with Gasteiger partial charge in [-0.25, -0.2) is 8.42 Å². The van der Waals surface area contributed by atoms with Crippen molar-refractivity contribution in [2.24, 2.45) is 0 Å². The van der Waals surface area contributed by atoms with Gasteiger partial charge in [-0.15, -0.1) is 0 Å². The van der Waals surface area contributed by atoms with Gasteiger partial charge in [0.05, 0.1) is 14.2 Å². The Morgan fingerprint density at radius 2 is 1.28 bits per heavy atom. The summed E-state index contributed by atoms with van der Waals surface area (Å²) in [5, 5.41) is 0. The summed E-state index contributed by atoms with van der Waals surface area (Å²) in [7, 11) is -2.66. The summed E-state index contributed by atoms with van der Waals surface area (Å²) in [4.78, 5) is 0. The largest absolute Gasteiger partial charge is 0.741 e. The lowest BCUT2D eigenvalue weighted by molar-refractivity contribution is -0.589. The fourth-order valence-electron chi connectivity index (χ4n) is 1.95. The van der Waals surface area contributed by atoms with Crippen LogP contribution in [-0.2, 0) is 10.1 Å². The summed E-state index contributed by atoms with van der Waals surface area (Å²) >= 11 is -0.103. The first-order valence-corrected chi connectivity index (χ1v) is 10.2. The molecule has 1 heterocycles. The van der Waals surface area contributed by atoms with Crippen molar-refractivity contribution >= 4 is 10.1 Å². The lowest BCUT2D eigenvalue weighted by Crippen LogP contribution is -3.61. The number of halogens is 4. The predicted octanol–water partition coefficient (Wildman–Crippen LogP) is -0.136. The highest BCUT2D eigenvalue weighted by Gasteiger charge is 2.37. The summed E-state index contributed by atoms with van der Waals surface area (Å²) < 4.78 is 72.3. The molecule has 2 aromatic carbocycles. The number of methoxy groups -OCH3 is 2. The molecule has 0 spiro atoms. The van der Waals surface area contributed by atoms with Crippen molar-refractivity contribution < 1.29 is 56.8 Å². The van der Waals surface area contributed by atoms with Crippen molar-refractivity contribution in [3.05, 3.63) is 43.5 Å². The molecule has 1 aliphatic heterocycles. The molecule has 5 nitrogen and oxygen atoms in total. The van der Waals surface area contributed by atoms with E-state index in [1.54, 1.807) is 14.2 Å². The van der Waals surface area contributed by atoms with E-state index in [0.717, 1.165) is 11.5 Å². The van der Waals surface area contributed by atoms with E-state index < -0.39 is 15.6 Å². The Hall–Kier alpha value is -1.53. The van der Waals surface area contributed by atoms with Crippen molar-refractivity contribution in [1.29, 1.82) is 0 Å². The van der Waals surface area contributed by atoms with E-state index in [1.807, 2.05) is 12.1 Å². The van der Waals surface area contributed by atoms with Gasteiger partial charge in [-0.1, -0.05) is 0 Å². The lowest BCUT2D eigenvalue weighted by atomic mass is 10.1. The van der Waals surface area contributed by atoms with Crippen LogP contribution < -0.4 is 30.7 Å². The van der Waals surface area contributed by atoms with Crippen LogP contribution in [0.25, 0.3) is 11.1 Å². The monoisotopic (exact) mass is 488 g/mol. The number of benzene rings is 2. The standard InChI is InChI=1S/C14H12IO2.CHF3O3S/c1-16-9-3-5-11-12-6-4-10(17-2)8-14(12)15-13(11)7-9;2-1(3,4)8(5,6)7/h3-8H,1-2H3;(H,5,6,7)/q+1;/p-1. The second kappa shape index (κ2) is 7.38. The van der Waals surface area contributed by atoms with E-state index in [-0.39, 0.29) is 21.2 Å². The molecule has 3 rings (SSSR count). The van der Waals surface area contributed by atoms with E-state index in [1.165, 1.54) is 18.3 Å². The third-order valence-electron chi connectivity index (χ3n) is 3.13. The number of rotatable bonds is 2. The highest BCUT2D eigenvalue weighted by Crippen LogP contribution is 2.27. The fourth-order valence-corrected chi connectivity index (χ4v) is 5.02. The van der Waals surface area contributed by atoms with Crippen LogP contribution in [-0.4, -0.2) is 32.7 Å². The molecule has 0 unspecified atom stereocenters. The van der Waals surface area contributed by atoms with Gasteiger partial charge < -0.3 is 14.0 Å². The summed E-state index contributed by atoms with van der Waals surface area (Å²) in [5.74, 6) is 1.89. The van der Waals surface area contributed by atoms with Gasteiger partial charge in [0.1, 0.15) is 11.5 Å². The summed E-state index contributed by atoms with van der Waals surface area (Å²) in [6.07, 6.45) is 0. The minimum absolute atomic E-state index is 0.103. The summed E-state index contributed by atoms with van der Waals surface area (Å²) in [6, 6.07) is 12.7. The van der Waals surface area contributed by atoms with Crippen molar-refractivity contribution in [3.63, 3.8) is 0 Å². The maximum atomic E-state index is 10.7. The number of ether oxygens (including phenoxy) is 2. The average Bonchev–Trinajstić information content (AvgIpc) is 2.89. The first-order valence-electron chi connectivity index (χ1n) is 6.60. The maximum Gasteiger partial charge on any atom is 0.485 e. The molecule has 0 aliphatic carbocycles. The highest BCUT2D eigenvalue weighted by molar-refractivity contribution is 7.86. The lowest BCUT2D eigenvalue weighted by Gasteiger charge is -2.08. The van der Waals surface area contributed by atoms with Crippen LogP contribution in [0.2, 0.25) is 0 Å². The van der Waals surface area contributed by atoms with Crippen LogP contribution in [0, 0.1) is 7.14 Å². The van der Waals surface area contributed by atoms with Gasteiger partial charge in [0.25, 0.3) is 0 Å². The number of hydrogen-bond acceptors (Lipinski definition) is 5. The predicted molar refractivity (Wildman–Crippen MR) is 78.1 cm³/mol. The Labute approximate surface area is 152 Å². The molecule has 2 aromatic rings. The SMILES string of the molecule is COc1ccc2c(c1)[I+]c1cc(OC)ccc1-2.O=S(=O)([O-])C(F)(F)F. The zero-order valence-corrected chi connectivity index (χ0v) is 15.9. The van der Waals surface area contributed by atoms with Crippen LogP contribution >= 0.6 is 0 Å². The van der Waals surface area contributed by atoms with Crippen LogP contribution in [0.1, 0.15) is 0 Å². The molecule has 10 heteroatoms. The van der Waals surface area contributed by atoms with Crippen LogP contribution in [0.15, 0.2) is 36.4 Å². The highest BCUT2D eigenvalue weighted by atomic mass is 127. The normalized spacial score (nSPS) is 12.6. The van der Waals surface area contributed by atoms with Gasteiger partial charge in [0.15, 0.2) is 10.1 Å². The van der Waals surface area contributed by atoms with Crippen molar-refractivity contribution in [3.8, 4) is 22.6 Å². The van der Waals surface area contributed by atoms with E-state index in [4.69, 9.17) is 22.4 Å². The summed E-state index contributed by atoms with van der Waals surface area (Å²) in [6.45, 7) is 0. The molecule has 25 heavy (non-hydrogen) atoms. The van der Waals surface area contributed by atoms with E-state index >= 15 is 0 Å². The Morgan fingerprint density at radius 1 is 0.920 bits per heavy atom. The average molecular weight is 488 g/mol. The smallest absolute Gasteiger partial charge is 0.485 e. The topological polar surface area (TPSA) is 75.7 Å². The molecule has 0 fully saturated rings. The second-order valence-electron chi connectivity index (χ2n) is 4.69. The second-order valence-corrected chi connectivity index (χ2v) is 8.92. The molecule has 0 bridgehead atoms. The Balaban J connectivity index is 0.000000242. The molecule has 0 saturated heterocycles. The van der Waals surface area contributed by atoms with Gasteiger partial charge in [0, 0.05) is 23.3 Å². The minimum Gasteiger partial charge on any atom is -0.741 e. The third kappa shape index (κ3) is 4.55. The minimum atomic E-state index is -6.09. The molecule has 136 valence electrons. The summed E-state index contributed by atoms with van der Waals surface area (Å²) in [5.41, 5.74) is -2.93. The first-order chi connectivity index (χ1) is 11.6. The first kappa shape index (κ1) is 19.8. The molecule has 0 radical (unpaired) electrons. The fraction of sp³-hybridized carbons (Fsp3) is 0.200. The molecule has 0 atom stereocenters. The third-order valence-corrected chi connectivity index (χ3v) is 6.64. The van der Waals surface area contributed by atoms with Crippen LogP contribution in [0.4, 0.5) is 13.2 Å². The molecule has 0 amide bonds. The van der Waals surface area contributed by atoms with Crippen molar-refractivity contribution in [2.45, 2.75) is 5.51 Å². The quantitative estimate of drug-likeness (QED) is 0.286. The Morgan fingerprint density at radius 3 is 1.56 bits per heavy atom. The molecule has 0 saturated carbocycles. The molecular formula is C15H12F3IO5S. The van der Waals surface area contributed by atoms with Gasteiger partial charge in [0.2, 0.25) is 7.14 Å². The van der Waals surface area contributed by atoms with E-state index in [2.05, 4.69) is 24.3 Å². The molecule has 0 aromatic heterocycles. The van der Waals surface area contributed by atoms with Gasteiger partial charge in [-0.2, -0.15) is 13.2 Å². The van der Waals surface area contributed by atoms with E-state index in [9.17, 15) is 13.2 Å². The molecule has 0 N–H and O–H groups in total. The van der Waals surface area contributed by atoms with Crippen molar-refractivity contribution in [2.75, 3.05) is 14.2 Å². The number of hydrogen-bond donors (Lipinski definition) is 0. The van der Waals surface area contributed by atoms with Crippen LogP contribution in [0.3, 0.4) is 0 Å². The number of fused-ring (bicyclic) bond motifs is 3. The van der Waals surface area contributed by atoms with Gasteiger partial charge in [-0.3, -0.25) is 0 Å². The van der Waals surface area contributed by atoms with Gasteiger partial charge in [-0.05, 0) is 24.3 Å². The van der Waals surface area contributed by atoms with Crippen molar-refractivity contribution in [1.82, 2.24) is 0 Å². The van der Waals surface area contributed by atoms with E-state index in [0.29, 0.717) is 0 Å². The van der Waals surface area contributed by atoms with Gasteiger partial charge >= 0.3 is 26.7 Å². The maximum absolute atomic E-state index is 10.7. The number of alkyl halides is 3. The zero-order chi connectivity index (χ0) is 18.8.